The van der Waals surface area contributed by atoms with Crippen LogP contribution in [0.1, 0.15) is 36.1 Å². The molecule has 0 spiro atoms. The van der Waals surface area contributed by atoms with Gasteiger partial charge in [-0.2, -0.15) is 0 Å². The van der Waals surface area contributed by atoms with Crippen molar-refractivity contribution in [1.29, 1.82) is 0 Å². The van der Waals surface area contributed by atoms with Crippen LogP contribution in [-0.4, -0.2) is 14.2 Å². The number of aryl methyl sites for hydroxylation is 1. The lowest BCUT2D eigenvalue weighted by atomic mass is 9.96. The summed E-state index contributed by atoms with van der Waals surface area (Å²) in [5.41, 5.74) is 3.99. The molecule has 0 saturated carbocycles. The molecule has 112 valence electrons. The molecule has 0 amide bonds. The average molecular weight is 283 g/mol. The van der Waals surface area contributed by atoms with Gasteiger partial charge < -0.3 is 10.1 Å². The van der Waals surface area contributed by atoms with Gasteiger partial charge >= 0.3 is 0 Å². The molecule has 1 N–H and O–H groups in total. The molecule has 0 heterocycles. The van der Waals surface area contributed by atoms with Crippen LogP contribution in [-0.2, 0) is 12.8 Å². The second-order valence-electron chi connectivity index (χ2n) is 5.35. The van der Waals surface area contributed by atoms with Crippen molar-refractivity contribution in [3.05, 3.63) is 65.2 Å². The van der Waals surface area contributed by atoms with E-state index in [1.165, 1.54) is 23.1 Å². The molecule has 0 fully saturated rings. The predicted molar refractivity (Wildman–Crippen MR) is 88.9 cm³/mol. The van der Waals surface area contributed by atoms with E-state index in [2.05, 4.69) is 48.6 Å². The molecule has 1 atom stereocenters. The zero-order valence-electron chi connectivity index (χ0n) is 13.2. The van der Waals surface area contributed by atoms with Crippen molar-refractivity contribution >= 4 is 0 Å². The van der Waals surface area contributed by atoms with Gasteiger partial charge in [0.25, 0.3) is 0 Å². The zero-order valence-corrected chi connectivity index (χ0v) is 13.2. The fraction of sp³-hybridized carbons (Fsp3) is 0.368. The third-order valence-electron chi connectivity index (χ3n) is 3.86. The number of hydrogen-bond donors (Lipinski definition) is 1. The molecule has 0 aliphatic heterocycles. The van der Waals surface area contributed by atoms with E-state index in [1.807, 2.05) is 19.2 Å². The summed E-state index contributed by atoms with van der Waals surface area (Å²) >= 11 is 0. The van der Waals surface area contributed by atoms with Gasteiger partial charge in [-0.25, -0.2) is 0 Å². The highest BCUT2D eigenvalue weighted by Crippen LogP contribution is 2.25. The first kappa shape index (κ1) is 15.6. The predicted octanol–water partition coefficient (Wildman–Crippen LogP) is 4.15. The van der Waals surface area contributed by atoms with Gasteiger partial charge in [-0.1, -0.05) is 55.8 Å². The molecule has 2 rings (SSSR count). The zero-order chi connectivity index (χ0) is 15.1. The fourth-order valence-corrected chi connectivity index (χ4v) is 2.73. The summed E-state index contributed by atoms with van der Waals surface area (Å²) in [4.78, 5) is 0. The average Bonchev–Trinajstić information content (AvgIpc) is 2.53. The number of nitrogens with one attached hydrogen (secondary N) is 1. The highest BCUT2D eigenvalue weighted by atomic mass is 16.5. The topological polar surface area (TPSA) is 21.3 Å². The van der Waals surface area contributed by atoms with E-state index in [-0.39, 0.29) is 0 Å². The van der Waals surface area contributed by atoms with Crippen LogP contribution in [0.25, 0.3) is 0 Å². The second-order valence-corrected chi connectivity index (χ2v) is 5.35. The van der Waals surface area contributed by atoms with Crippen LogP contribution < -0.4 is 10.1 Å². The van der Waals surface area contributed by atoms with E-state index in [1.54, 1.807) is 7.11 Å². The maximum atomic E-state index is 5.46. The van der Waals surface area contributed by atoms with Crippen LogP contribution in [0, 0.1) is 0 Å². The summed E-state index contributed by atoms with van der Waals surface area (Å²) in [6, 6.07) is 17.4. The first-order valence-corrected chi connectivity index (χ1v) is 7.66. The number of benzene rings is 2. The van der Waals surface area contributed by atoms with Gasteiger partial charge in [0.15, 0.2) is 0 Å². The Kier molecular flexibility index (Phi) is 5.82. The standard InChI is InChI=1S/C19H25NO/c1-4-8-15-9-7-11-16(13-15)18(20-2)14-17-10-5-6-12-19(17)21-3/h5-7,9-13,18,20H,4,8,14H2,1-3H3. The van der Waals surface area contributed by atoms with Crippen LogP contribution in [0.15, 0.2) is 48.5 Å². The van der Waals surface area contributed by atoms with Crippen molar-refractivity contribution in [1.82, 2.24) is 5.32 Å². The second kappa shape index (κ2) is 7.84. The minimum atomic E-state index is 0.304. The Morgan fingerprint density at radius 3 is 2.62 bits per heavy atom. The quantitative estimate of drug-likeness (QED) is 0.824. The maximum absolute atomic E-state index is 5.46. The maximum Gasteiger partial charge on any atom is 0.122 e. The van der Waals surface area contributed by atoms with Crippen LogP contribution in [0.4, 0.5) is 0 Å². The van der Waals surface area contributed by atoms with Crippen LogP contribution in [0.5, 0.6) is 5.75 Å². The number of ether oxygens (including phenoxy) is 1. The number of rotatable bonds is 7. The monoisotopic (exact) mass is 283 g/mol. The van der Waals surface area contributed by atoms with Gasteiger partial charge in [-0.05, 0) is 42.6 Å². The normalized spacial score (nSPS) is 12.1. The summed E-state index contributed by atoms with van der Waals surface area (Å²) in [6.07, 6.45) is 3.25. The van der Waals surface area contributed by atoms with Gasteiger partial charge in [0.2, 0.25) is 0 Å². The molecule has 0 aliphatic carbocycles. The molecule has 0 saturated heterocycles. The van der Waals surface area contributed by atoms with Crippen LogP contribution >= 0.6 is 0 Å². The summed E-state index contributed by atoms with van der Waals surface area (Å²) in [5, 5.41) is 3.43. The molecule has 2 aromatic carbocycles. The van der Waals surface area contributed by atoms with E-state index in [0.717, 1.165) is 18.6 Å². The molecule has 0 bridgehead atoms. The van der Waals surface area contributed by atoms with Gasteiger partial charge in [0.1, 0.15) is 5.75 Å². The van der Waals surface area contributed by atoms with Crippen molar-refractivity contribution in [3.8, 4) is 5.75 Å². The van der Waals surface area contributed by atoms with E-state index < -0.39 is 0 Å². The van der Waals surface area contributed by atoms with Crippen molar-refractivity contribution in [3.63, 3.8) is 0 Å². The Bertz CT molecular complexity index is 565. The highest BCUT2D eigenvalue weighted by Gasteiger charge is 2.13. The number of hydrogen-bond acceptors (Lipinski definition) is 2. The number of likely N-dealkylation sites (N-methyl/N-ethyl adjacent to an activating group) is 1. The van der Waals surface area contributed by atoms with Gasteiger partial charge in [0, 0.05) is 6.04 Å². The molecular formula is C19H25NO. The molecule has 0 aromatic heterocycles. The minimum Gasteiger partial charge on any atom is -0.496 e. The number of para-hydroxylation sites is 1. The van der Waals surface area contributed by atoms with Crippen LogP contribution in [0.3, 0.4) is 0 Å². The third kappa shape index (κ3) is 4.08. The third-order valence-corrected chi connectivity index (χ3v) is 3.86. The fourth-order valence-electron chi connectivity index (χ4n) is 2.73. The van der Waals surface area contributed by atoms with E-state index in [9.17, 15) is 0 Å². The van der Waals surface area contributed by atoms with Gasteiger partial charge in [-0.15, -0.1) is 0 Å². The van der Waals surface area contributed by atoms with Gasteiger partial charge in [0.05, 0.1) is 7.11 Å². The van der Waals surface area contributed by atoms with Gasteiger partial charge in [-0.3, -0.25) is 0 Å². The Hall–Kier alpha value is -1.80. The SMILES string of the molecule is CCCc1cccc(C(Cc2ccccc2OC)NC)c1. The molecule has 2 nitrogen and oxygen atoms in total. The molecule has 0 aliphatic rings. The molecule has 1 unspecified atom stereocenters. The molecular weight excluding hydrogens is 258 g/mol. The highest BCUT2D eigenvalue weighted by molar-refractivity contribution is 5.36. The summed E-state index contributed by atoms with van der Waals surface area (Å²) in [6.45, 7) is 2.22. The summed E-state index contributed by atoms with van der Waals surface area (Å²) in [7, 11) is 3.75. The van der Waals surface area contributed by atoms with E-state index >= 15 is 0 Å². The molecule has 2 aromatic rings. The Balaban J connectivity index is 2.21. The first-order chi connectivity index (χ1) is 10.3. The summed E-state index contributed by atoms with van der Waals surface area (Å²) < 4.78 is 5.46. The van der Waals surface area contributed by atoms with E-state index in [0.29, 0.717) is 6.04 Å². The first-order valence-electron chi connectivity index (χ1n) is 7.66. The lowest BCUT2D eigenvalue weighted by molar-refractivity contribution is 0.406. The van der Waals surface area contributed by atoms with Crippen molar-refractivity contribution in [2.45, 2.75) is 32.2 Å². The molecule has 2 heteroatoms. The van der Waals surface area contributed by atoms with E-state index in [4.69, 9.17) is 4.74 Å². The summed E-state index contributed by atoms with van der Waals surface area (Å²) in [5.74, 6) is 0.961. The molecule has 21 heavy (non-hydrogen) atoms. The lowest BCUT2D eigenvalue weighted by Gasteiger charge is -2.19. The number of methoxy groups -OCH3 is 1. The Labute approximate surface area is 128 Å². The smallest absolute Gasteiger partial charge is 0.122 e. The Morgan fingerprint density at radius 1 is 1.10 bits per heavy atom. The lowest BCUT2D eigenvalue weighted by Crippen LogP contribution is -2.19. The van der Waals surface area contributed by atoms with Crippen molar-refractivity contribution in [2.24, 2.45) is 0 Å². The Morgan fingerprint density at radius 2 is 1.90 bits per heavy atom. The van der Waals surface area contributed by atoms with Crippen LogP contribution in [0.2, 0.25) is 0 Å². The molecule has 0 radical (unpaired) electrons. The minimum absolute atomic E-state index is 0.304. The van der Waals surface area contributed by atoms with Crippen molar-refractivity contribution in [2.75, 3.05) is 14.2 Å². The van der Waals surface area contributed by atoms with Crippen molar-refractivity contribution < 1.29 is 4.74 Å². The largest absolute Gasteiger partial charge is 0.496 e.